The van der Waals surface area contributed by atoms with Gasteiger partial charge in [0.15, 0.2) is 0 Å². The van der Waals surface area contributed by atoms with Crippen molar-refractivity contribution >= 4 is 27.5 Å². The molecule has 1 aromatic carbocycles. The van der Waals surface area contributed by atoms with Crippen LogP contribution in [0.4, 0.5) is 0 Å². The molecule has 2 rings (SSSR count). The fraction of sp³-hybridized carbons (Fsp3) is 0.462. The van der Waals surface area contributed by atoms with Gasteiger partial charge in [0.1, 0.15) is 6.04 Å². The molecule has 0 radical (unpaired) electrons. The van der Waals surface area contributed by atoms with E-state index in [1.165, 1.54) is 6.07 Å². The van der Waals surface area contributed by atoms with E-state index < -0.39 is 28.1 Å². The van der Waals surface area contributed by atoms with Crippen molar-refractivity contribution in [2.24, 2.45) is 5.73 Å². The molecule has 6 nitrogen and oxygen atoms in total. The summed E-state index contributed by atoms with van der Waals surface area (Å²) in [5.74, 6) is -0.731. The highest BCUT2D eigenvalue weighted by Crippen LogP contribution is 2.28. The van der Waals surface area contributed by atoms with E-state index in [-0.39, 0.29) is 18.0 Å². The van der Waals surface area contributed by atoms with Crippen LogP contribution in [0.1, 0.15) is 12.5 Å². The minimum Gasteiger partial charge on any atom is -0.375 e. The van der Waals surface area contributed by atoms with Crippen molar-refractivity contribution in [2.45, 2.75) is 30.9 Å². The number of amides is 1. The first-order chi connectivity index (χ1) is 9.76. The lowest BCUT2D eigenvalue weighted by Crippen LogP contribution is -2.58. The number of primary amides is 1. The SMILES string of the molecule is Cc1c(Cl)cccc1S(=O)(=O)N1CCO[C@H](C)[C@H]1C(N)=O. The fourth-order valence-corrected chi connectivity index (χ4v) is 4.55. The second-order valence-corrected chi connectivity index (χ2v) is 7.17. The average molecular weight is 333 g/mol. The minimum atomic E-state index is -3.87. The number of carbonyl (C=O) groups is 1. The van der Waals surface area contributed by atoms with Crippen LogP contribution in [-0.4, -0.2) is 43.9 Å². The molecule has 0 aliphatic carbocycles. The average Bonchev–Trinajstić information content (AvgIpc) is 2.41. The minimum absolute atomic E-state index is 0.0756. The number of ether oxygens (including phenoxy) is 1. The molecule has 0 bridgehead atoms. The van der Waals surface area contributed by atoms with E-state index >= 15 is 0 Å². The molecule has 2 atom stereocenters. The van der Waals surface area contributed by atoms with E-state index in [0.29, 0.717) is 10.6 Å². The maximum atomic E-state index is 12.8. The van der Waals surface area contributed by atoms with Crippen LogP contribution in [-0.2, 0) is 19.6 Å². The van der Waals surface area contributed by atoms with Crippen LogP contribution in [0.15, 0.2) is 23.1 Å². The van der Waals surface area contributed by atoms with Crippen LogP contribution in [0.25, 0.3) is 0 Å². The highest BCUT2D eigenvalue weighted by atomic mass is 35.5. The summed E-state index contributed by atoms with van der Waals surface area (Å²) in [5.41, 5.74) is 5.79. The van der Waals surface area contributed by atoms with Gasteiger partial charge in [0, 0.05) is 11.6 Å². The van der Waals surface area contributed by atoms with Crippen molar-refractivity contribution in [3.8, 4) is 0 Å². The van der Waals surface area contributed by atoms with Gasteiger partial charge < -0.3 is 10.5 Å². The molecule has 8 heteroatoms. The van der Waals surface area contributed by atoms with Crippen LogP contribution in [0.3, 0.4) is 0 Å². The first-order valence-corrected chi connectivity index (χ1v) is 8.26. The fourth-order valence-electron chi connectivity index (χ4n) is 2.43. The molecular weight excluding hydrogens is 316 g/mol. The smallest absolute Gasteiger partial charge is 0.244 e. The number of halogens is 1. The molecule has 116 valence electrons. The Hall–Kier alpha value is -1.15. The van der Waals surface area contributed by atoms with Gasteiger partial charge in [-0.1, -0.05) is 17.7 Å². The van der Waals surface area contributed by atoms with Gasteiger partial charge in [-0.15, -0.1) is 0 Å². The summed E-state index contributed by atoms with van der Waals surface area (Å²) >= 11 is 5.99. The summed E-state index contributed by atoms with van der Waals surface area (Å²) in [6, 6.07) is 3.62. The number of rotatable bonds is 3. The zero-order valence-electron chi connectivity index (χ0n) is 11.7. The van der Waals surface area contributed by atoms with E-state index in [0.717, 1.165) is 4.31 Å². The molecule has 1 heterocycles. The summed E-state index contributed by atoms with van der Waals surface area (Å²) in [4.78, 5) is 11.7. The van der Waals surface area contributed by atoms with Crippen molar-refractivity contribution in [2.75, 3.05) is 13.2 Å². The number of carbonyl (C=O) groups excluding carboxylic acids is 1. The number of benzene rings is 1. The van der Waals surface area contributed by atoms with Crippen molar-refractivity contribution in [1.29, 1.82) is 0 Å². The summed E-state index contributed by atoms with van der Waals surface area (Å²) < 4.78 is 32.1. The third kappa shape index (κ3) is 2.91. The van der Waals surface area contributed by atoms with Crippen LogP contribution in [0, 0.1) is 6.92 Å². The van der Waals surface area contributed by atoms with Gasteiger partial charge in [0.05, 0.1) is 17.6 Å². The number of hydrogen-bond acceptors (Lipinski definition) is 4. The lowest BCUT2D eigenvalue weighted by atomic mass is 10.1. The maximum Gasteiger partial charge on any atom is 0.244 e. The van der Waals surface area contributed by atoms with Crippen molar-refractivity contribution in [3.63, 3.8) is 0 Å². The Morgan fingerprint density at radius 1 is 1.48 bits per heavy atom. The zero-order valence-corrected chi connectivity index (χ0v) is 13.3. The van der Waals surface area contributed by atoms with Gasteiger partial charge in [0.2, 0.25) is 15.9 Å². The van der Waals surface area contributed by atoms with Crippen molar-refractivity contribution in [1.82, 2.24) is 4.31 Å². The molecule has 21 heavy (non-hydrogen) atoms. The molecule has 1 aromatic rings. The van der Waals surface area contributed by atoms with Crippen molar-refractivity contribution < 1.29 is 17.9 Å². The van der Waals surface area contributed by atoms with Gasteiger partial charge in [-0.05, 0) is 31.5 Å². The van der Waals surface area contributed by atoms with Crippen LogP contribution >= 0.6 is 11.6 Å². The van der Waals surface area contributed by atoms with E-state index in [1.807, 2.05) is 0 Å². The monoisotopic (exact) mass is 332 g/mol. The highest BCUT2D eigenvalue weighted by Gasteiger charge is 2.41. The molecule has 1 aliphatic rings. The molecule has 0 aromatic heterocycles. The number of nitrogens with two attached hydrogens (primary N) is 1. The number of hydrogen-bond donors (Lipinski definition) is 1. The third-order valence-corrected chi connectivity index (χ3v) is 5.98. The molecule has 1 saturated heterocycles. The molecule has 0 unspecified atom stereocenters. The maximum absolute atomic E-state index is 12.8. The second-order valence-electron chi connectivity index (χ2n) is 4.90. The Labute approximate surface area is 128 Å². The van der Waals surface area contributed by atoms with E-state index in [4.69, 9.17) is 22.1 Å². The predicted octanol–water partition coefficient (Wildman–Crippen LogP) is 0.912. The first kappa shape index (κ1) is 16.2. The summed E-state index contributed by atoms with van der Waals surface area (Å²) in [6.07, 6.45) is -0.592. The number of nitrogens with zero attached hydrogens (tertiary/aromatic N) is 1. The summed E-state index contributed by atoms with van der Waals surface area (Å²) in [7, 11) is -3.87. The van der Waals surface area contributed by atoms with Gasteiger partial charge in [-0.3, -0.25) is 4.79 Å². The molecular formula is C13H17ClN2O4S. The molecule has 0 saturated carbocycles. The summed E-state index contributed by atoms with van der Waals surface area (Å²) in [6.45, 7) is 3.54. The largest absolute Gasteiger partial charge is 0.375 e. The number of sulfonamides is 1. The third-order valence-electron chi connectivity index (χ3n) is 3.54. The Kier molecular flexibility index (Phi) is 4.57. The van der Waals surface area contributed by atoms with E-state index in [9.17, 15) is 13.2 Å². The Bertz CT molecular complexity index is 662. The first-order valence-electron chi connectivity index (χ1n) is 6.44. The van der Waals surface area contributed by atoms with Crippen LogP contribution in [0.2, 0.25) is 5.02 Å². The lowest BCUT2D eigenvalue weighted by molar-refractivity contribution is -0.130. The molecule has 1 fully saturated rings. The Morgan fingerprint density at radius 2 is 2.14 bits per heavy atom. The second kappa shape index (κ2) is 5.92. The van der Waals surface area contributed by atoms with Gasteiger partial charge in [-0.2, -0.15) is 4.31 Å². The summed E-state index contributed by atoms with van der Waals surface area (Å²) in [5, 5.41) is 0.355. The van der Waals surface area contributed by atoms with Crippen LogP contribution in [0.5, 0.6) is 0 Å². The Morgan fingerprint density at radius 3 is 2.76 bits per heavy atom. The predicted molar refractivity (Wildman–Crippen MR) is 78.5 cm³/mol. The highest BCUT2D eigenvalue weighted by molar-refractivity contribution is 7.89. The van der Waals surface area contributed by atoms with E-state index in [1.54, 1.807) is 26.0 Å². The molecule has 1 amide bonds. The molecule has 2 N–H and O–H groups in total. The molecule has 1 aliphatic heterocycles. The van der Waals surface area contributed by atoms with E-state index in [2.05, 4.69) is 0 Å². The van der Waals surface area contributed by atoms with Gasteiger partial charge in [-0.25, -0.2) is 8.42 Å². The van der Waals surface area contributed by atoms with Gasteiger partial charge in [0.25, 0.3) is 0 Å². The lowest BCUT2D eigenvalue weighted by Gasteiger charge is -2.37. The topological polar surface area (TPSA) is 89.7 Å². The molecule has 0 spiro atoms. The standard InChI is InChI=1S/C13H17ClN2O4S/c1-8-10(14)4-3-5-11(8)21(18,19)16-6-7-20-9(2)12(16)13(15)17/h3-5,9,12H,6-7H2,1-2H3,(H2,15,17)/t9-,12+/m1/s1. The van der Waals surface area contributed by atoms with Crippen LogP contribution < -0.4 is 5.73 Å². The quantitative estimate of drug-likeness (QED) is 0.891. The Balaban J connectivity index is 2.51. The zero-order chi connectivity index (χ0) is 15.8. The number of morpholine rings is 1. The van der Waals surface area contributed by atoms with Crippen molar-refractivity contribution in [3.05, 3.63) is 28.8 Å². The normalized spacial score (nSPS) is 24.0. The van der Waals surface area contributed by atoms with Gasteiger partial charge >= 0.3 is 0 Å².